The molecule has 1 heterocycles. The zero-order valence-electron chi connectivity index (χ0n) is 15.4. The number of amides is 1. The second-order valence-electron chi connectivity index (χ2n) is 6.32. The molecule has 0 radical (unpaired) electrons. The fourth-order valence-corrected chi connectivity index (χ4v) is 3.43. The third-order valence-corrected chi connectivity index (χ3v) is 4.76. The Morgan fingerprint density at radius 1 is 1.08 bits per heavy atom. The Hall–Kier alpha value is -2.70. The lowest BCUT2D eigenvalue weighted by Crippen LogP contribution is -2.20. The minimum atomic E-state index is -0.248. The fraction of sp³-hybridized carbons (Fsp3) is 0.474. The van der Waals surface area contributed by atoms with Gasteiger partial charge in [-0.1, -0.05) is 19.3 Å². The first-order valence-electron chi connectivity index (χ1n) is 8.82. The average molecular weight is 359 g/mol. The highest BCUT2D eigenvalue weighted by Crippen LogP contribution is 2.38. The Balaban J connectivity index is 1.84. The largest absolute Gasteiger partial charge is 0.493 e. The maximum absolute atomic E-state index is 12.8. The Morgan fingerprint density at radius 3 is 2.31 bits per heavy atom. The van der Waals surface area contributed by atoms with Gasteiger partial charge in [-0.3, -0.25) is 4.79 Å². The van der Waals surface area contributed by atoms with Gasteiger partial charge in [0, 0.05) is 11.6 Å². The van der Waals surface area contributed by atoms with E-state index < -0.39 is 0 Å². The number of methoxy groups -OCH3 is 3. The van der Waals surface area contributed by atoms with Crippen molar-refractivity contribution in [2.24, 2.45) is 0 Å². The van der Waals surface area contributed by atoms with Gasteiger partial charge in [0.1, 0.15) is 5.82 Å². The molecular formula is C19H25N3O4. The number of aromatic nitrogens is 2. The van der Waals surface area contributed by atoms with Crippen LogP contribution in [-0.4, -0.2) is 37.0 Å². The number of rotatable bonds is 6. The van der Waals surface area contributed by atoms with Crippen molar-refractivity contribution in [3.63, 3.8) is 0 Å². The molecule has 1 amide bonds. The molecule has 0 atom stereocenters. The van der Waals surface area contributed by atoms with Crippen LogP contribution in [0.1, 0.15) is 48.5 Å². The minimum absolute atomic E-state index is 0.248. The highest BCUT2D eigenvalue weighted by atomic mass is 16.5. The molecule has 2 aromatic rings. The summed E-state index contributed by atoms with van der Waals surface area (Å²) in [6, 6.07) is 5.44. The fourth-order valence-electron chi connectivity index (χ4n) is 3.43. The van der Waals surface area contributed by atoms with E-state index in [0.29, 0.717) is 34.7 Å². The maximum Gasteiger partial charge on any atom is 0.257 e. The van der Waals surface area contributed by atoms with Crippen LogP contribution < -0.4 is 19.5 Å². The first-order valence-corrected chi connectivity index (χ1v) is 8.82. The summed E-state index contributed by atoms with van der Waals surface area (Å²) in [5.74, 6) is 1.80. The molecule has 7 heteroatoms. The molecule has 1 fully saturated rings. The molecule has 1 saturated carbocycles. The molecule has 0 saturated heterocycles. The summed E-state index contributed by atoms with van der Waals surface area (Å²) in [4.78, 5) is 12.8. The van der Waals surface area contributed by atoms with Gasteiger partial charge >= 0.3 is 0 Å². The lowest BCUT2D eigenvalue weighted by molar-refractivity contribution is 0.102. The predicted molar refractivity (Wildman–Crippen MR) is 98.4 cm³/mol. The van der Waals surface area contributed by atoms with E-state index >= 15 is 0 Å². The molecule has 140 valence electrons. The van der Waals surface area contributed by atoms with Crippen molar-refractivity contribution in [3.05, 3.63) is 30.0 Å². The number of anilines is 1. The van der Waals surface area contributed by atoms with Crippen molar-refractivity contribution < 1.29 is 19.0 Å². The van der Waals surface area contributed by atoms with E-state index in [-0.39, 0.29) is 5.91 Å². The van der Waals surface area contributed by atoms with Crippen LogP contribution in [0.5, 0.6) is 17.2 Å². The molecule has 0 bridgehead atoms. The number of nitrogens with zero attached hydrogens (tertiary/aromatic N) is 2. The second kappa shape index (κ2) is 8.12. The van der Waals surface area contributed by atoms with Gasteiger partial charge in [-0.25, -0.2) is 4.68 Å². The zero-order valence-corrected chi connectivity index (χ0v) is 15.4. The van der Waals surface area contributed by atoms with E-state index in [1.807, 2.05) is 10.7 Å². The molecule has 0 spiro atoms. The van der Waals surface area contributed by atoms with Crippen LogP contribution in [-0.2, 0) is 0 Å². The Kier molecular flexibility index (Phi) is 5.65. The van der Waals surface area contributed by atoms with Crippen LogP contribution in [0, 0.1) is 0 Å². The highest BCUT2D eigenvalue weighted by molar-refractivity contribution is 6.04. The lowest BCUT2D eigenvalue weighted by Gasteiger charge is -2.24. The smallest absolute Gasteiger partial charge is 0.257 e. The molecule has 3 rings (SSSR count). The van der Waals surface area contributed by atoms with Crippen LogP contribution in [0.25, 0.3) is 0 Å². The number of benzene rings is 1. The second-order valence-corrected chi connectivity index (χ2v) is 6.32. The molecule has 7 nitrogen and oxygen atoms in total. The van der Waals surface area contributed by atoms with Gasteiger partial charge in [0.25, 0.3) is 5.91 Å². The normalized spacial score (nSPS) is 14.7. The van der Waals surface area contributed by atoms with Gasteiger partial charge in [-0.15, -0.1) is 0 Å². The number of hydrogen-bond donors (Lipinski definition) is 1. The van der Waals surface area contributed by atoms with Crippen LogP contribution >= 0.6 is 0 Å². The predicted octanol–water partition coefficient (Wildman–Crippen LogP) is 3.67. The number of nitrogens with one attached hydrogen (secondary N) is 1. The van der Waals surface area contributed by atoms with Crippen molar-refractivity contribution in [2.45, 2.75) is 38.1 Å². The Labute approximate surface area is 153 Å². The molecule has 1 aromatic heterocycles. The maximum atomic E-state index is 12.8. The van der Waals surface area contributed by atoms with Crippen molar-refractivity contribution in [3.8, 4) is 17.2 Å². The van der Waals surface area contributed by atoms with Gasteiger partial charge in [0.2, 0.25) is 5.75 Å². The van der Waals surface area contributed by atoms with Crippen molar-refractivity contribution in [2.75, 3.05) is 26.6 Å². The monoisotopic (exact) mass is 359 g/mol. The SMILES string of the molecule is COc1cc(C(=O)Nc2ccnn2C2CCCCC2)cc(OC)c1OC. The van der Waals surface area contributed by atoms with Gasteiger partial charge in [-0.2, -0.15) is 5.10 Å². The van der Waals surface area contributed by atoms with Crippen molar-refractivity contribution in [1.82, 2.24) is 9.78 Å². The van der Waals surface area contributed by atoms with Crippen molar-refractivity contribution >= 4 is 11.7 Å². The van der Waals surface area contributed by atoms with Crippen LogP contribution in [0.15, 0.2) is 24.4 Å². The molecule has 1 N–H and O–H groups in total. The number of ether oxygens (including phenoxy) is 3. The van der Waals surface area contributed by atoms with E-state index in [4.69, 9.17) is 14.2 Å². The van der Waals surface area contributed by atoms with E-state index in [1.165, 1.54) is 40.6 Å². The summed E-state index contributed by atoms with van der Waals surface area (Å²) < 4.78 is 17.9. The number of carbonyl (C=O) groups is 1. The molecule has 1 aliphatic rings. The summed E-state index contributed by atoms with van der Waals surface area (Å²) in [5, 5.41) is 7.37. The minimum Gasteiger partial charge on any atom is -0.493 e. The first kappa shape index (κ1) is 18.1. The summed E-state index contributed by atoms with van der Waals surface area (Å²) in [6.07, 6.45) is 7.57. The van der Waals surface area contributed by atoms with Crippen molar-refractivity contribution in [1.29, 1.82) is 0 Å². The standard InChI is InChI=1S/C19H25N3O4/c1-24-15-11-13(12-16(25-2)18(15)26-3)19(23)21-17-9-10-20-22(17)14-7-5-4-6-8-14/h9-12,14H,4-8H2,1-3H3,(H,21,23). The number of carbonyl (C=O) groups excluding carboxylic acids is 1. The quantitative estimate of drug-likeness (QED) is 0.852. The summed E-state index contributed by atoms with van der Waals surface area (Å²) in [5.41, 5.74) is 0.427. The topological polar surface area (TPSA) is 74.6 Å². The summed E-state index contributed by atoms with van der Waals surface area (Å²) in [7, 11) is 4.58. The lowest BCUT2D eigenvalue weighted by atomic mass is 9.96. The van der Waals surface area contributed by atoms with Gasteiger partial charge in [0.15, 0.2) is 11.5 Å². The number of hydrogen-bond acceptors (Lipinski definition) is 5. The van der Waals surface area contributed by atoms with Crippen LogP contribution in [0.2, 0.25) is 0 Å². The molecule has 26 heavy (non-hydrogen) atoms. The molecule has 1 aliphatic carbocycles. The van der Waals surface area contributed by atoms with Crippen LogP contribution in [0.4, 0.5) is 5.82 Å². The van der Waals surface area contributed by atoms with E-state index in [0.717, 1.165) is 12.8 Å². The summed E-state index contributed by atoms with van der Waals surface area (Å²) in [6.45, 7) is 0. The first-order chi connectivity index (χ1) is 12.7. The zero-order chi connectivity index (χ0) is 18.5. The Morgan fingerprint density at radius 2 is 1.73 bits per heavy atom. The van der Waals surface area contributed by atoms with E-state index in [2.05, 4.69) is 10.4 Å². The van der Waals surface area contributed by atoms with Gasteiger partial charge < -0.3 is 19.5 Å². The van der Waals surface area contributed by atoms with Gasteiger partial charge in [-0.05, 0) is 25.0 Å². The van der Waals surface area contributed by atoms with E-state index in [9.17, 15) is 4.79 Å². The summed E-state index contributed by atoms with van der Waals surface area (Å²) >= 11 is 0. The molecule has 0 aliphatic heterocycles. The third-order valence-electron chi connectivity index (χ3n) is 4.76. The third kappa shape index (κ3) is 3.61. The van der Waals surface area contributed by atoms with E-state index in [1.54, 1.807) is 18.3 Å². The molecule has 0 unspecified atom stereocenters. The average Bonchev–Trinajstić information content (AvgIpc) is 3.15. The highest BCUT2D eigenvalue weighted by Gasteiger charge is 2.21. The van der Waals surface area contributed by atoms with Gasteiger partial charge in [0.05, 0.1) is 33.6 Å². The van der Waals surface area contributed by atoms with Crippen LogP contribution in [0.3, 0.4) is 0 Å². The molecular weight excluding hydrogens is 334 g/mol. The molecule has 1 aromatic carbocycles. The Bertz CT molecular complexity index is 741.